The first-order valence-corrected chi connectivity index (χ1v) is 4.10. The molecule has 0 aliphatic heterocycles. The fraction of sp³-hybridized carbons (Fsp3) is 0.200. The molecule has 0 bridgehead atoms. The number of hydrogen-bond acceptors (Lipinski definition) is 3. The van der Waals surface area contributed by atoms with Crippen molar-refractivity contribution < 1.29 is 10.0 Å². The van der Waals surface area contributed by atoms with E-state index in [0.29, 0.717) is 12.0 Å². The standard InChI is InChI=1S/C10H11NO2/c1-2-9(11-13)10(12)8-6-4-3-5-7-8/h3-7,13H,2H2,1H3. The quantitative estimate of drug-likeness (QED) is 0.332. The Balaban J connectivity index is 2.92. The van der Waals surface area contributed by atoms with Gasteiger partial charge >= 0.3 is 0 Å². The summed E-state index contributed by atoms with van der Waals surface area (Å²) >= 11 is 0. The highest BCUT2D eigenvalue weighted by atomic mass is 16.4. The largest absolute Gasteiger partial charge is 0.411 e. The van der Waals surface area contributed by atoms with E-state index >= 15 is 0 Å². The van der Waals surface area contributed by atoms with Crippen LogP contribution in [0, 0.1) is 0 Å². The second-order valence-corrected chi connectivity index (χ2v) is 2.60. The van der Waals surface area contributed by atoms with Crippen molar-refractivity contribution in [1.82, 2.24) is 0 Å². The smallest absolute Gasteiger partial charge is 0.210 e. The van der Waals surface area contributed by atoms with Gasteiger partial charge in [-0.15, -0.1) is 0 Å². The summed E-state index contributed by atoms with van der Waals surface area (Å²) in [4.78, 5) is 11.5. The van der Waals surface area contributed by atoms with Crippen molar-refractivity contribution in [3.05, 3.63) is 35.9 Å². The summed E-state index contributed by atoms with van der Waals surface area (Å²) in [5.74, 6) is -0.217. The molecule has 3 heteroatoms. The number of Topliss-reactive ketones (excluding diaryl/α,β-unsaturated/α-hetero) is 1. The first-order chi connectivity index (χ1) is 6.29. The van der Waals surface area contributed by atoms with Crippen molar-refractivity contribution in [3.63, 3.8) is 0 Å². The average Bonchev–Trinajstić information content (AvgIpc) is 2.21. The lowest BCUT2D eigenvalue weighted by Crippen LogP contribution is -2.12. The van der Waals surface area contributed by atoms with E-state index in [0.717, 1.165) is 0 Å². The van der Waals surface area contributed by atoms with Crippen LogP contribution < -0.4 is 0 Å². The van der Waals surface area contributed by atoms with Gasteiger partial charge in [-0.2, -0.15) is 0 Å². The summed E-state index contributed by atoms with van der Waals surface area (Å²) in [5.41, 5.74) is 0.739. The Morgan fingerprint density at radius 2 is 2.00 bits per heavy atom. The maximum absolute atomic E-state index is 11.5. The van der Waals surface area contributed by atoms with Crippen LogP contribution in [0.3, 0.4) is 0 Å². The number of carbonyl (C=O) groups is 1. The first kappa shape index (κ1) is 9.45. The molecule has 0 fully saturated rings. The molecule has 0 aromatic heterocycles. The van der Waals surface area contributed by atoms with Gasteiger partial charge in [0.25, 0.3) is 0 Å². The molecule has 13 heavy (non-hydrogen) atoms. The van der Waals surface area contributed by atoms with Gasteiger partial charge in [-0.3, -0.25) is 4.79 Å². The second kappa shape index (κ2) is 4.40. The number of carbonyl (C=O) groups excluding carboxylic acids is 1. The molecule has 1 aromatic carbocycles. The van der Waals surface area contributed by atoms with E-state index in [2.05, 4.69) is 5.16 Å². The summed E-state index contributed by atoms with van der Waals surface area (Å²) in [6.45, 7) is 1.77. The van der Waals surface area contributed by atoms with Gasteiger partial charge in [0, 0.05) is 5.56 Å². The predicted molar refractivity (Wildman–Crippen MR) is 50.3 cm³/mol. The van der Waals surface area contributed by atoms with Gasteiger partial charge in [-0.1, -0.05) is 42.4 Å². The summed E-state index contributed by atoms with van der Waals surface area (Å²) < 4.78 is 0. The zero-order valence-corrected chi connectivity index (χ0v) is 7.40. The molecule has 0 aliphatic rings. The molecular formula is C10H11NO2. The summed E-state index contributed by atoms with van der Waals surface area (Å²) in [6, 6.07) is 8.78. The van der Waals surface area contributed by atoms with Gasteiger partial charge in [-0.05, 0) is 6.42 Å². The Hall–Kier alpha value is -1.64. The van der Waals surface area contributed by atoms with Crippen molar-refractivity contribution in [3.8, 4) is 0 Å². The monoisotopic (exact) mass is 177 g/mol. The molecule has 0 atom stereocenters. The molecule has 0 heterocycles. The van der Waals surface area contributed by atoms with E-state index in [1.54, 1.807) is 31.2 Å². The fourth-order valence-electron chi connectivity index (χ4n) is 1.03. The highest BCUT2D eigenvalue weighted by Crippen LogP contribution is 2.03. The number of rotatable bonds is 3. The predicted octanol–water partition coefficient (Wildman–Crippen LogP) is 2.11. The van der Waals surface area contributed by atoms with E-state index in [4.69, 9.17) is 5.21 Å². The zero-order valence-electron chi connectivity index (χ0n) is 7.40. The third-order valence-electron chi connectivity index (χ3n) is 1.75. The number of nitrogens with zero attached hydrogens (tertiary/aromatic N) is 1. The van der Waals surface area contributed by atoms with Crippen molar-refractivity contribution in [2.45, 2.75) is 13.3 Å². The van der Waals surface area contributed by atoms with E-state index in [1.165, 1.54) is 0 Å². The number of oxime groups is 1. The second-order valence-electron chi connectivity index (χ2n) is 2.60. The molecular weight excluding hydrogens is 166 g/mol. The lowest BCUT2D eigenvalue weighted by Gasteiger charge is -1.99. The van der Waals surface area contributed by atoms with Gasteiger partial charge in [0.1, 0.15) is 5.71 Å². The zero-order chi connectivity index (χ0) is 9.68. The van der Waals surface area contributed by atoms with Crippen LogP contribution in [-0.2, 0) is 0 Å². The minimum absolute atomic E-state index is 0.186. The van der Waals surface area contributed by atoms with Crippen LogP contribution in [0.5, 0.6) is 0 Å². The molecule has 0 radical (unpaired) electrons. The first-order valence-electron chi connectivity index (χ1n) is 4.10. The molecule has 0 spiro atoms. The topological polar surface area (TPSA) is 49.7 Å². The molecule has 3 nitrogen and oxygen atoms in total. The molecule has 68 valence electrons. The Bertz CT molecular complexity index is 317. The highest BCUT2D eigenvalue weighted by molar-refractivity contribution is 6.45. The van der Waals surface area contributed by atoms with Crippen molar-refractivity contribution in [2.24, 2.45) is 5.16 Å². The van der Waals surface area contributed by atoms with Crippen molar-refractivity contribution >= 4 is 11.5 Å². The van der Waals surface area contributed by atoms with E-state index < -0.39 is 0 Å². The summed E-state index contributed by atoms with van der Waals surface area (Å²) in [5, 5.41) is 11.5. The van der Waals surface area contributed by atoms with Gasteiger partial charge < -0.3 is 5.21 Å². The number of ketones is 1. The molecule has 1 aromatic rings. The van der Waals surface area contributed by atoms with Crippen LogP contribution in [0.25, 0.3) is 0 Å². The average molecular weight is 177 g/mol. The molecule has 1 rings (SSSR count). The van der Waals surface area contributed by atoms with E-state index in [-0.39, 0.29) is 11.5 Å². The van der Waals surface area contributed by atoms with Crippen LogP contribution in [-0.4, -0.2) is 16.7 Å². The Morgan fingerprint density at radius 1 is 1.38 bits per heavy atom. The van der Waals surface area contributed by atoms with Gasteiger partial charge in [0.15, 0.2) is 0 Å². The normalized spacial score (nSPS) is 11.3. The minimum atomic E-state index is -0.217. The van der Waals surface area contributed by atoms with Gasteiger partial charge in [-0.25, -0.2) is 0 Å². The Kier molecular flexibility index (Phi) is 3.20. The van der Waals surface area contributed by atoms with Gasteiger partial charge in [0.05, 0.1) is 0 Å². The maximum Gasteiger partial charge on any atom is 0.210 e. The van der Waals surface area contributed by atoms with Gasteiger partial charge in [0.2, 0.25) is 5.78 Å². The Morgan fingerprint density at radius 3 is 2.46 bits per heavy atom. The highest BCUT2D eigenvalue weighted by Gasteiger charge is 2.11. The van der Waals surface area contributed by atoms with Crippen LogP contribution in [0.2, 0.25) is 0 Å². The Labute approximate surface area is 76.7 Å². The van der Waals surface area contributed by atoms with Crippen LogP contribution in [0.1, 0.15) is 23.7 Å². The molecule has 0 aliphatic carbocycles. The molecule has 0 saturated heterocycles. The van der Waals surface area contributed by atoms with E-state index in [9.17, 15) is 4.79 Å². The van der Waals surface area contributed by atoms with Crippen LogP contribution in [0.15, 0.2) is 35.5 Å². The molecule has 1 N–H and O–H groups in total. The number of hydrogen-bond donors (Lipinski definition) is 1. The SMILES string of the molecule is CCC(=NO)C(=O)c1ccccc1. The fourth-order valence-corrected chi connectivity index (χ4v) is 1.03. The minimum Gasteiger partial charge on any atom is -0.411 e. The third-order valence-corrected chi connectivity index (χ3v) is 1.75. The third kappa shape index (κ3) is 2.15. The molecule has 0 unspecified atom stereocenters. The lowest BCUT2D eigenvalue weighted by atomic mass is 10.1. The molecule has 0 amide bonds. The van der Waals surface area contributed by atoms with Crippen molar-refractivity contribution in [2.75, 3.05) is 0 Å². The maximum atomic E-state index is 11.5. The van der Waals surface area contributed by atoms with Crippen LogP contribution in [0.4, 0.5) is 0 Å². The summed E-state index contributed by atoms with van der Waals surface area (Å²) in [7, 11) is 0. The molecule has 0 saturated carbocycles. The van der Waals surface area contributed by atoms with Crippen LogP contribution >= 0.6 is 0 Å². The summed E-state index contributed by atoms with van der Waals surface area (Å²) in [6.07, 6.45) is 0.435. The van der Waals surface area contributed by atoms with E-state index in [1.807, 2.05) is 6.07 Å². The number of benzene rings is 1. The lowest BCUT2D eigenvalue weighted by molar-refractivity contribution is 0.106. The van der Waals surface area contributed by atoms with Crippen molar-refractivity contribution in [1.29, 1.82) is 0 Å².